The second-order valence-corrected chi connectivity index (χ2v) is 5.11. The lowest BCUT2D eigenvalue weighted by molar-refractivity contribution is -0.140. The third-order valence-electron chi connectivity index (χ3n) is 2.95. The van der Waals surface area contributed by atoms with Gasteiger partial charge in [0.25, 0.3) is 5.91 Å². The van der Waals surface area contributed by atoms with Gasteiger partial charge in [-0.2, -0.15) is 5.10 Å². The van der Waals surface area contributed by atoms with Crippen molar-refractivity contribution in [1.82, 2.24) is 5.43 Å². The van der Waals surface area contributed by atoms with Gasteiger partial charge < -0.3 is 10.1 Å². The maximum absolute atomic E-state index is 11.8. The largest absolute Gasteiger partial charge is 0.451 e. The summed E-state index contributed by atoms with van der Waals surface area (Å²) in [5.41, 5.74) is 3.66. The normalized spacial score (nSPS) is 13.9. The van der Waals surface area contributed by atoms with Gasteiger partial charge in [0.2, 0.25) is 5.91 Å². The molecule has 2 rings (SSSR count). The number of carbonyl (C=O) groups excluding carboxylic acids is 3. The van der Waals surface area contributed by atoms with Crippen LogP contribution < -0.4 is 10.7 Å². The van der Waals surface area contributed by atoms with Crippen molar-refractivity contribution in [2.75, 3.05) is 11.9 Å². The number of anilines is 1. The molecule has 116 valence electrons. The Morgan fingerprint density at radius 3 is 2.86 bits per heavy atom. The molecule has 0 radical (unpaired) electrons. The molecule has 7 nitrogen and oxygen atoms in total. The number of nitrogens with zero attached hydrogens (tertiary/aromatic N) is 1. The number of nitrogens with one attached hydrogen (secondary N) is 2. The first-order chi connectivity index (χ1) is 10.5. The lowest BCUT2D eigenvalue weighted by atomic mass is 10.2. The van der Waals surface area contributed by atoms with Crippen LogP contribution in [0.4, 0.5) is 5.69 Å². The van der Waals surface area contributed by atoms with Crippen LogP contribution in [0.3, 0.4) is 0 Å². The Labute approximate surface area is 131 Å². The fourth-order valence-electron chi connectivity index (χ4n) is 1.75. The van der Waals surface area contributed by atoms with Gasteiger partial charge in [-0.05, 0) is 24.6 Å². The fraction of sp³-hybridized carbons (Fsp3) is 0.286. The van der Waals surface area contributed by atoms with Gasteiger partial charge in [0.1, 0.15) is 5.71 Å². The number of ether oxygens (including phenoxy) is 1. The average Bonchev–Trinajstić information content (AvgIpc) is 2.49. The SMILES string of the molecule is Cc1ccc(Cl)cc1NC(=O)COC(=O)C1=NNC(=O)CC1. The first kappa shape index (κ1) is 16.0. The Kier molecular flexibility index (Phi) is 5.11. The van der Waals surface area contributed by atoms with Crippen LogP contribution in [0.1, 0.15) is 18.4 Å². The highest BCUT2D eigenvalue weighted by atomic mass is 35.5. The zero-order valence-electron chi connectivity index (χ0n) is 11.8. The van der Waals surface area contributed by atoms with Crippen molar-refractivity contribution >= 4 is 40.8 Å². The molecule has 0 saturated carbocycles. The molecule has 22 heavy (non-hydrogen) atoms. The number of aryl methyl sites for hydroxylation is 1. The molecule has 1 aliphatic heterocycles. The van der Waals surface area contributed by atoms with Gasteiger partial charge in [-0.1, -0.05) is 17.7 Å². The van der Waals surface area contributed by atoms with Crippen LogP contribution in [0.2, 0.25) is 5.02 Å². The summed E-state index contributed by atoms with van der Waals surface area (Å²) in [6.07, 6.45) is 0.363. The highest BCUT2D eigenvalue weighted by Gasteiger charge is 2.20. The van der Waals surface area contributed by atoms with Crippen molar-refractivity contribution in [2.24, 2.45) is 5.10 Å². The van der Waals surface area contributed by atoms with E-state index in [1.807, 2.05) is 6.92 Å². The van der Waals surface area contributed by atoms with E-state index in [0.29, 0.717) is 10.7 Å². The summed E-state index contributed by atoms with van der Waals surface area (Å²) in [4.78, 5) is 34.4. The van der Waals surface area contributed by atoms with Crippen LogP contribution in [0.15, 0.2) is 23.3 Å². The highest BCUT2D eigenvalue weighted by molar-refractivity contribution is 6.37. The van der Waals surface area contributed by atoms with E-state index in [9.17, 15) is 14.4 Å². The van der Waals surface area contributed by atoms with E-state index in [1.165, 1.54) is 0 Å². The minimum Gasteiger partial charge on any atom is -0.451 e. The van der Waals surface area contributed by atoms with Crippen molar-refractivity contribution < 1.29 is 19.1 Å². The minimum absolute atomic E-state index is 0.0892. The third-order valence-corrected chi connectivity index (χ3v) is 3.18. The van der Waals surface area contributed by atoms with Gasteiger partial charge in [-0.25, -0.2) is 10.2 Å². The van der Waals surface area contributed by atoms with Crippen molar-refractivity contribution in [3.63, 3.8) is 0 Å². The maximum Gasteiger partial charge on any atom is 0.355 e. The van der Waals surface area contributed by atoms with Gasteiger partial charge in [0, 0.05) is 23.6 Å². The third kappa shape index (κ3) is 4.29. The van der Waals surface area contributed by atoms with Gasteiger partial charge >= 0.3 is 5.97 Å². The van der Waals surface area contributed by atoms with E-state index in [-0.39, 0.29) is 24.5 Å². The van der Waals surface area contributed by atoms with Crippen molar-refractivity contribution in [1.29, 1.82) is 0 Å². The van der Waals surface area contributed by atoms with Crippen LogP contribution in [0.25, 0.3) is 0 Å². The number of esters is 1. The molecule has 0 unspecified atom stereocenters. The molecule has 0 aliphatic carbocycles. The fourth-order valence-corrected chi connectivity index (χ4v) is 1.92. The molecule has 0 aromatic heterocycles. The Bertz CT molecular complexity index is 657. The summed E-state index contributed by atoms with van der Waals surface area (Å²) in [7, 11) is 0. The van der Waals surface area contributed by atoms with Crippen molar-refractivity contribution in [3.05, 3.63) is 28.8 Å². The predicted octanol–water partition coefficient (Wildman–Crippen LogP) is 1.40. The number of halogens is 1. The quantitative estimate of drug-likeness (QED) is 0.818. The number of benzene rings is 1. The maximum atomic E-state index is 11.8. The number of rotatable bonds is 4. The predicted molar refractivity (Wildman–Crippen MR) is 80.6 cm³/mol. The molecule has 0 fully saturated rings. The Hall–Kier alpha value is -2.41. The molecule has 8 heteroatoms. The van der Waals surface area contributed by atoms with Crippen LogP contribution in [0, 0.1) is 6.92 Å². The number of hydrogen-bond acceptors (Lipinski definition) is 5. The number of hydrazone groups is 1. The molecule has 2 N–H and O–H groups in total. The molecule has 1 aromatic carbocycles. The zero-order valence-corrected chi connectivity index (χ0v) is 12.6. The number of hydrogen-bond donors (Lipinski definition) is 2. The molecule has 0 atom stereocenters. The number of amides is 2. The molecule has 0 spiro atoms. The molecular formula is C14H14ClN3O4. The summed E-state index contributed by atoms with van der Waals surface area (Å²) in [5, 5.41) is 6.69. The van der Waals surface area contributed by atoms with E-state index >= 15 is 0 Å². The monoisotopic (exact) mass is 323 g/mol. The smallest absolute Gasteiger partial charge is 0.355 e. The summed E-state index contributed by atoms with van der Waals surface area (Å²) in [6, 6.07) is 5.09. The van der Waals surface area contributed by atoms with E-state index in [1.54, 1.807) is 18.2 Å². The second kappa shape index (κ2) is 7.04. The lowest BCUT2D eigenvalue weighted by Gasteiger charge is -2.12. The average molecular weight is 324 g/mol. The summed E-state index contributed by atoms with van der Waals surface area (Å²) >= 11 is 5.85. The van der Waals surface area contributed by atoms with Gasteiger partial charge in [-0.15, -0.1) is 0 Å². The van der Waals surface area contributed by atoms with Crippen LogP contribution in [-0.2, 0) is 19.1 Å². The van der Waals surface area contributed by atoms with Gasteiger partial charge in [-0.3, -0.25) is 9.59 Å². The minimum atomic E-state index is -0.724. The lowest BCUT2D eigenvalue weighted by Crippen LogP contribution is -2.32. The first-order valence-corrected chi connectivity index (χ1v) is 6.92. The molecule has 2 amide bonds. The van der Waals surface area contributed by atoms with Crippen LogP contribution in [-0.4, -0.2) is 30.1 Å². The Morgan fingerprint density at radius 1 is 1.41 bits per heavy atom. The van der Waals surface area contributed by atoms with Crippen LogP contribution in [0.5, 0.6) is 0 Å². The Morgan fingerprint density at radius 2 is 2.18 bits per heavy atom. The molecular weight excluding hydrogens is 310 g/mol. The zero-order chi connectivity index (χ0) is 16.1. The van der Waals surface area contributed by atoms with Crippen molar-refractivity contribution in [3.8, 4) is 0 Å². The molecule has 0 bridgehead atoms. The standard InChI is InChI=1S/C14H14ClN3O4/c1-8-2-3-9(15)6-11(8)16-13(20)7-22-14(21)10-4-5-12(19)18-17-10/h2-3,6H,4-5,7H2,1H3,(H,16,20)(H,18,19). The molecule has 1 heterocycles. The van der Waals surface area contributed by atoms with Gasteiger partial charge in [0.15, 0.2) is 6.61 Å². The summed E-state index contributed by atoms with van der Waals surface area (Å²) in [5.74, 6) is -1.47. The molecule has 1 aromatic rings. The van der Waals surface area contributed by atoms with Gasteiger partial charge in [0.05, 0.1) is 0 Å². The molecule has 1 aliphatic rings. The molecule has 0 saturated heterocycles. The second-order valence-electron chi connectivity index (χ2n) is 4.68. The highest BCUT2D eigenvalue weighted by Crippen LogP contribution is 2.19. The first-order valence-electron chi connectivity index (χ1n) is 6.54. The topological polar surface area (TPSA) is 96.9 Å². The van der Waals surface area contributed by atoms with Crippen LogP contribution >= 0.6 is 11.6 Å². The van der Waals surface area contributed by atoms with Crippen molar-refractivity contribution in [2.45, 2.75) is 19.8 Å². The summed E-state index contributed by atoms with van der Waals surface area (Å²) in [6.45, 7) is 1.37. The van der Waals surface area contributed by atoms with E-state index in [4.69, 9.17) is 16.3 Å². The van der Waals surface area contributed by atoms with E-state index in [0.717, 1.165) is 5.56 Å². The Balaban J connectivity index is 1.86. The summed E-state index contributed by atoms with van der Waals surface area (Å²) < 4.78 is 4.85. The van der Waals surface area contributed by atoms with E-state index in [2.05, 4.69) is 15.8 Å². The van der Waals surface area contributed by atoms with E-state index < -0.39 is 18.5 Å². The number of carbonyl (C=O) groups is 3.